The Hall–Kier alpha value is -0.980. The summed E-state index contributed by atoms with van der Waals surface area (Å²) in [4.78, 5) is 11.4. The number of carbonyl (C=O) groups excluding carboxylic acids is 1. The number of ether oxygens (including phenoxy) is 1. The molecule has 0 bridgehead atoms. The molecule has 1 rings (SSSR count). The molecule has 0 aliphatic carbocycles. The van der Waals surface area contributed by atoms with E-state index in [1.54, 1.807) is 20.8 Å². The fourth-order valence-electron chi connectivity index (χ4n) is 2.07. The van der Waals surface area contributed by atoms with Crippen molar-refractivity contribution in [1.82, 2.24) is 10.6 Å². The average Bonchev–Trinajstić information content (AvgIpc) is 2.23. The van der Waals surface area contributed by atoms with E-state index in [0.717, 1.165) is 0 Å². The maximum Gasteiger partial charge on any atom is 0.407 e. The first kappa shape index (κ1) is 16.1. The van der Waals surface area contributed by atoms with Crippen molar-refractivity contribution in [3.63, 3.8) is 0 Å². The highest BCUT2D eigenvalue weighted by molar-refractivity contribution is 5.67. The molecule has 0 spiro atoms. The second-order valence-electron chi connectivity index (χ2n) is 5.78. The standard InChI is InChI=1S/C12H21F3N2O2/c1-11(2,3)19-10(18)17-6-8-4-5-16-7-9(8)12(13,14)15/h8-9,16H,4-7H2,1-3H3,(H,17,18)/t8-,9+/m0/s1. The minimum Gasteiger partial charge on any atom is -0.444 e. The normalized spacial score (nSPS) is 24.9. The van der Waals surface area contributed by atoms with Crippen molar-refractivity contribution in [1.29, 1.82) is 0 Å². The Kier molecular flexibility index (Phi) is 5.06. The maximum absolute atomic E-state index is 12.8. The van der Waals surface area contributed by atoms with Gasteiger partial charge in [0.2, 0.25) is 0 Å². The van der Waals surface area contributed by atoms with Gasteiger partial charge in [0.25, 0.3) is 0 Å². The second-order valence-corrected chi connectivity index (χ2v) is 5.78. The molecule has 1 aliphatic rings. The van der Waals surface area contributed by atoms with Gasteiger partial charge in [0.15, 0.2) is 0 Å². The van der Waals surface area contributed by atoms with E-state index in [0.29, 0.717) is 13.0 Å². The number of carbonyl (C=O) groups is 1. The average molecular weight is 282 g/mol. The molecule has 0 aromatic carbocycles. The monoisotopic (exact) mass is 282 g/mol. The van der Waals surface area contributed by atoms with E-state index in [4.69, 9.17) is 4.74 Å². The summed E-state index contributed by atoms with van der Waals surface area (Å²) in [5, 5.41) is 5.16. The van der Waals surface area contributed by atoms with Crippen LogP contribution < -0.4 is 10.6 Å². The molecule has 19 heavy (non-hydrogen) atoms. The van der Waals surface area contributed by atoms with Gasteiger partial charge in [-0.2, -0.15) is 13.2 Å². The highest BCUT2D eigenvalue weighted by Gasteiger charge is 2.45. The predicted molar refractivity (Wildman–Crippen MR) is 64.8 cm³/mol. The zero-order valence-electron chi connectivity index (χ0n) is 11.4. The van der Waals surface area contributed by atoms with Gasteiger partial charge >= 0.3 is 12.3 Å². The van der Waals surface area contributed by atoms with Crippen molar-refractivity contribution < 1.29 is 22.7 Å². The van der Waals surface area contributed by atoms with Crippen LogP contribution in [-0.2, 0) is 4.74 Å². The summed E-state index contributed by atoms with van der Waals surface area (Å²) in [6.07, 6.45) is -4.53. The van der Waals surface area contributed by atoms with Crippen molar-refractivity contribution in [2.75, 3.05) is 19.6 Å². The molecular weight excluding hydrogens is 261 g/mol. The van der Waals surface area contributed by atoms with Gasteiger partial charge in [0.05, 0.1) is 5.92 Å². The third-order valence-electron chi connectivity index (χ3n) is 2.95. The Bertz CT molecular complexity index is 313. The lowest BCUT2D eigenvalue weighted by atomic mass is 9.86. The molecule has 0 unspecified atom stereocenters. The minimum absolute atomic E-state index is 0.0131. The number of piperidine rings is 1. The van der Waals surface area contributed by atoms with Crippen molar-refractivity contribution in [3.05, 3.63) is 0 Å². The highest BCUT2D eigenvalue weighted by Crippen LogP contribution is 2.34. The number of alkyl carbamates (subject to hydrolysis) is 1. The molecule has 2 N–H and O–H groups in total. The fourth-order valence-corrected chi connectivity index (χ4v) is 2.07. The van der Waals surface area contributed by atoms with Gasteiger partial charge in [-0.1, -0.05) is 0 Å². The number of rotatable bonds is 2. The van der Waals surface area contributed by atoms with Gasteiger partial charge in [-0.25, -0.2) is 4.79 Å². The van der Waals surface area contributed by atoms with Crippen LogP contribution in [0.15, 0.2) is 0 Å². The first-order valence-electron chi connectivity index (χ1n) is 6.34. The summed E-state index contributed by atoms with van der Waals surface area (Å²) in [6.45, 7) is 5.54. The lowest BCUT2D eigenvalue weighted by Crippen LogP contribution is -2.48. The molecule has 0 aromatic heterocycles. The van der Waals surface area contributed by atoms with Crippen LogP contribution in [0.5, 0.6) is 0 Å². The van der Waals surface area contributed by atoms with Crippen LogP contribution in [0.25, 0.3) is 0 Å². The molecule has 1 aliphatic heterocycles. The Morgan fingerprint density at radius 2 is 2.00 bits per heavy atom. The highest BCUT2D eigenvalue weighted by atomic mass is 19.4. The van der Waals surface area contributed by atoms with Crippen LogP contribution in [-0.4, -0.2) is 37.5 Å². The van der Waals surface area contributed by atoms with Crippen LogP contribution in [0, 0.1) is 11.8 Å². The Balaban J connectivity index is 2.48. The van der Waals surface area contributed by atoms with E-state index in [1.165, 1.54) is 0 Å². The molecular formula is C12H21F3N2O2. The topological polar surface area (TPSA) is 50.4 Å². The molecule has 0 saturated carbocycles. The van der Waals surface area contributed by atoms with Crippen LogP contribution in [0.4, 0.5) is 18.0 Å². The van der Waals surface area contributed by atoms with Gasteiger partial charge < -0.3 is 15.4 Å². The van der Waals surface area contributed by atoms with Gasteiger partial charge in [-0.05, 0) is 39.7 Å². The van der Waals surface area contributed by atoms with Gasteiger partial charge in [0, 0.05) is 13.1 Å². The van der Waals surface area contributed by atoms with E-state index in [1.807, 2.05) is 0 Å². The van der Waals surface area contributed by atoms with Crippen molar-refractivity contribution in [2.45, 2.75) is 39.0 Å². The van der Waals surface area contributed by atoms with Crippen molar-refractivity contribution >= 4 is 6.09 Å². The summed E-state index contributed by atoms with van der Waals surface area (Å²) >= 11 is 0. The summed E-state index contributed by atoms with van der Waals surface area (Å²) in [5.41, 5.74) is -0.651. The molecule has 1 amide bonds. The lowest BCUT2D eigenvalue weighted by Gasteiger charge is -2.33. The predicted octanol–water partition coefficient (Wildman–Crippen LogP) is 2.30. The van der Waals surface area contributed by atoms with E-state index < -0.39 is 29.7 Å². The summed E-state index contributed by atoms with van der Waals surface area (Å²) in [6, 6.07) is 0. The summed E-state index contributed by atoms with van der Waals surface area (Å²) < 4.78 is 43.4. The number of amides is 1. The molecule has 7 heteroatoms. The quantitative estimate of drug-likeness (QED) is 0.817. The maximum atomic E-state index is 12.8. The smallest absolute Gasteiger partial charge is 0.407 e. The zero-order valence-corrected chi connectivity index (χ0v) is 11.4. The molecule has 4 nitrogen and oxygen atoms in total. The SMILES string of the molecule is CC(C)(C)OC(=O)NC[C@@H]1CCNC[C@H]1C(F)(F)F. The number of nitrogens with one attached hydrogen (secondary N) is 2. The molecule has 112 valence electrons. The number of hydrogen-bond donors (Lipinski definition) is 2. The minimum atomic E-state index is -4.24. The van der Waals surface area contributed by atoms with Crippen molar-refractivity contribution in [2.24, 2.45) is 11.8 Å². The van der Waals surface area contributed by atoms with Crippen LogP contribution in [0.3, 0.4) is 0 Å². The Morgan fingerprint density at radius 3 is 2.53 bits per heavy atom. The van der Waals surface area contributed by atoms with Crippen LogP contribution in [0.2, 0.25) is 0 Å². The summed E-state index contributed by atoms with van der Waals surface area (Å²) in [5.74, 6) is -2.02. The number of alkyl halides is 3. The number of halogens is 3. The molecule has 1 saturated heterocycles. The molecule has 1 fully saturated rings. The summed E-state index contributed by atoms with van der Waals surface area (Å²) in [7, 11) is 0. The first-order valence-corrected chi connectivity index (χ1v) is 6.34. The second kappa shape index (κ2) is 5.98. The molecule has 0 radical (unpaired) electrons. The Labute approximate surface area is 111 Å². The van der Waals surface area contributed by atoms with Gasteiger partial charge in [0.1, 0.15) is 5.60 Å². The largest absolute Gasteiger partial charge is 0.444 e. The van der Waals surface area contributed by atoms with E-state index in [2.05, 4.69) is 10.6 Å². The lowest BCUT2D eigenvalue weighted by molar-refractivity contribution is -0.191. The van der Waals surface area contributed by atoms with Crippen molar-refractivity contribution in [3.8, 4) is 0 Å². The molecule has 1 heterocycles. The Morgan fingerprint density at radius 1 is 1.37 bits per heavy atom. The first-order chi connectivity index (χ1) is 8.59. The van der Waals surface area contributed by atoms with E-state index in [9.17, 15) is 18.0 Å². The zero-order chi connectivity index (χ0) is 14.7. The van der Waals surface area contributed by atoms with Crippen LogP contribution >= 0.6 is 0 Å². The van der Waals surface area contributed by atoms with Gasteiger partial charge in [-0.3, -0.25) is 0 Å². The fraction of sp³-hybridized carbons (Fsp3) is 0.917. The third-order valence-corrected chi connectivity index (χ3v) is 2.95. The van der Waals surface area contributed by atoms with Gasteiger partial charge in [-0.15, -0.1) is 0 Å². The third kappa shape index (κ3) is 5.67. The van der Waals surface area contributed by atoms with Crippen LogP contribution in [0.1, 0.15) is 27.2 Å². The molecule has 0 aromatic rings. The molecule has 2 atom stereocenters. The number of hydrogen-bond acceptors (Lipinski definition) is 3. The van der Waals surface area contributed by atoms with E-state index in [-0.39, 0.29) is 13.1 Å². The van der Waals surface area contributed by atoms with E-state index >= 15 is 0 Å².